The van der Waals surface area contributed by atoms with Crippen molar-refractivity contribution >= 4 is 0 Å². The Balaban J connectivity index is 1.80. The lowest BCUT2D eigenvalue weighted by molar-refractivity contribution is 0.372. The number of ether oxygens (including phenoxy) is 1. The van der Waals surface area contributed by atoms with Crippen LogP contribution in [0.4, 0.5) is 0 Å². The Kier molecular flexibility index (Phi) is 6.68. The summed E-state index contributed by atoms with van der Waals surface area (Å²) in [6, 6.07) is 14.8. The minimum Gasteiger partial charge on any atom is -0.504 e. The summed E-state index contributed by atoms with van der Waals surface area (Å²) in [5, 5.41) is 13.2. The van der Waals surface area contributed by atoms with Gasteiger partial charge in [0, 0.05) is 12.6 Å². The summed E-state index contributed by atoms with van der Waals surface area (Å²) < 4.78 is 5.16. The third kappa shape index (κ3) is 5.27. The highest BCUT2D eigenvalue weighted by molar-refractivity contribution is 5.41. The molecule has 2 aromatic rings. The van der Waals surface area contributed by atoms with E-state index >= 15 is 0 Å². The molecule has 0 radical (unpaired) electrons. The van der Waals surface area contributed by atoms with Crippen LogP contribution in [-0.4, -0.2) is 18.3 Å². The standard InChI is InChI=1S/C21H29NO2/c1-15(2)19-10-7-18(8-11-19)14-22-16(3)5-6-17-9-12-20(23)21(13-17)24-4/h7-13,15-16,22-23H,5-6,14H2,1-4H3. The first-order valence-electron chi connectivity index (χ1n) is 8.67. The van der Waals surface area contributed by atoms with Crippen LogP contribution in [0.3, 0.4) is 0 Å². The fraction of sp³-hybridized carbons (Fsp3) is 0.429. The smallest absolute Gasteiger partial charge is 0.160 e. The second-order valence-electron chi connectivity index (χ2n) is 6.72. The molecule has 0 aliphatic carbocycles. The highest BCUT2D eigenvalue weighted by atomic mass is 16.5. The van der Waals surface area contributed by atoms with E-state index in [2.05, 4.69) is 50.4 Å². The lowest BCUT2D eigenvalue weighted by Gasteiger charge is -2.15. The molecule has 0 fully saturated rings. The molecular formula is C21H29NO2. The molecular weight excluding hydrogens is 298 g/mol. The van der Waals surface area contributed by atoms with Crippen molar-refractivity contribution in [3.8, 4) is 11.5 Å². The van der Waals surface area contributed by atoms with Crippen molar-refractivity contribution in [1.82, 2.24) is 5.32 Å². The molecule has 0 aliphatic heterocycles. The van der Waals surface area contributed by atoms with Gasteiger partial charge in [-0.15, -0.1) is 0 Å². The van der Waals surface area contributed by atoms with Gasteiger partial charge in [0.2, 0.25) is 0 Å². The predicted octanol–water partition coefficient (Wildman–Crippen LogP) is 4.64. The molecule has 2 aromatic carbocycles. The van der Waals surface area contributed by atoms with Crippen molar-refractivity contribution in [3.05, 3.63) is 59.2 Å². The monoisotopic (exact) mass is 327 g/mol. The molecule has 0 heterocycles. The van der Waals surface area contributed by atoms with Gasteiger partial charge in [-0.1, -0.05) is 44.2 Å². The topological polar surface area (TPSA) is 41.5 Å². The van der Waals surface area contributed by atoms with Gasteiger partial charge in [-0.05, 0) is 54.5 Å². The zero-order valence-electron chi connectivity index (χ0n) is 15.2. The molecule has 0 aliphatic rings. The summed E-state index contributed by atoms with van der Waals surface area (Å²) in [6.45, 7) is 7.53. The Bertz CT molecular complexity index is 635. The second kappa shape index (κ2) is 8.74. The molecule has 0 saturated heterocycles. The van der Waals surface area contributed by atoms with E-state index in [0.717, 1.165) is 19.4 Å². The largest absolute Gasteiger partial charge is 0.504 e. The molecule has 3 nitrogen and oxygen atoms in total. The number of hydrogen-bond acceptors (Lipinski definition) is 3. The highest BCUT2D eigenvalue weighted by Crippen LogP contribution is 2.26. The third-order valence-corrected chi connectivity index (χ3v) is 4.41. The number of phenols is 1. The van der Waals surface area contributed by atoms with E-state index in [4.69, 9.17) is 4.74 Å². The first-order chi connectivity index (χ1) is 11.5. The van der Waals surface area contributed by atoms with Gasteiger partial charge in [0.25, 0.3) is 0 Å². The number of aromatic hydroxyl groups is 1. The Morgan fingerprint density at radius 3 is 2.29 bits per heavy atom. The van der Waals surface area contributed by atoms with Crippen molar-refractivity contribution in [2.45, 2.75) is 52.1 Å². The van der Waals surface area contributed by atoms with Crippen LogP contribution in [0.15, 0.2) is 42.5 Å². The molecule has 2 rings (SSSR count). The Labute approximate surface area is 145 Å². The van der Waals surface area contributed by atoms with E-state index in [1.807, 2.05) is 12.1 Å². The number of methoxy groups -OCH3 is 1. The van der Waals surface area contributed by atoms with Crippen molar-refractivity contribution in [1.29, 1.82) is 0 Å². The summed E-state index contributed by atoms with van der Waals surface area (Å²) in [6.07, 6.45) is 2.00. The number of benzene rings is 2. The SMILES string of the molecule is COc1cc(CCC(C)NCc2ccc(C(C)C)cc2)ccc1O. The minimum atomic E-state index is 0.192. The molecule has 1 unspecified atom stereocenters. The van der Waals surface area contributed by atoms with Gasteiger partial charge in [0.1, 0.15) is 0 Å². The number of aryl methyl sites for hydroxylation is 1. The molecule has 0 spiro atoms. The summed E-state index contributed by atoms with van der Waals surface area (Å²) in [5.41, 5.74) is 3.88. The molecule has 2 N–H and O–H groups in total. The number of hydrogen-bond donors (Lipinski definition) is 2. The lowest BCUT2D eigenvalue weighted by atomic mass is 10.0. The van der Waals surface area contributed by atoms with E-state index in [1.54, 1.807) is 13.2 Å². The quantitative estimate of drug-likeness (QED) is 0.742. The first-order valence-corrected chi connectivity index (χ1v) is 8.67. The molecule has 0 saturated carbocycles. The summed E-state index contributed by atoms with van der Waals surface area (Å²) in [4.78, 5) is 0. The van der Waals surface area contributed by atoms with Crippen LogP contribution in [0.25, 0.3) is 0 Å². The average molecular weight is 327 g/mol. The maximum absolute atomic E-state index is 9.64. The van der Waals surface area contributed by atoms with Crippen LogP contribution in [-0.2, 0) is 13.0 Å². The zero-order valence-corrected chi connectivity index (χ0v) is 15.2. The fourth-order valence-electron chi connectivity index (χ4n) is 2.68. The van der Waals surface area contributed by atoms with E-state index in [0.29, 0.717) is 17.7 Å². The number of rotatable bonds is 8. The van der Waals surface area contributed by atoms with E-state index in [-0.39, 0.29) is 5.75 Å². The highest BCUT2D eigenvalue weighted by Gasteiger charge is 2.06. The normalized spacial score (nSPS) is 12.4. The van der Waals surface area contributed by atoms with Crippen molar-refractivity contribution < 1.29 is 9.84 Å². The second-order valence-corrected chi connectivity index (χ2v) is 6.72. The summed E-state index contributed by atoms with van der Waals surface area (Å²) >= 11 is 0. The minimum absolute atomic E-state index is 0.192. The van der Waals surface area contributed by atoms with Crippen LogP contribution in [0, 0.1) is 0 Å². The molecule has 0 aromatic heterocycles. The maximum atomic E-state index is 9.64. The first kappa shape index (κ1) is 18.3. The Morgan fingerprint density at radius 2 is 1.67 bits per heavy atom. The molecule has 24 heavy (non-hydrogen) atoms. The van der Waals surface area contributed by atoms with Gasteiger partial charge in [-0.2, -0.15) is 0 Å². The Morgan fingerprint density at radius 1 is 1.00 bits per heavy atom. The molecule has 3 heteroatoms. The van der Waals surface area contributed by atoms with E-state index < -0.39 is 0 Å². The number of phenolic OH excluding ortho intramolecular Hbond substituents is 1. The van der Waals surface area contributed by atoms with Crippen molar-refractivity contribution in [2.24, 2.45) is 0 Å². The van der Waals surface area contributed by atoms with E-state index in [1.165, 1.54) is 16.7 Å². The predicted molar refractivity (Wildman–Crippen MR) is 99.8 cm³/mol. The molecule has 0 amide bonds. The van der Waals surface area contributed by atoms with Gasteiger partial charge < -0.3 is 15.2 Å². The maximum Gasteiger partial charge on any atom is 0.160 e. The van der Waals surface area contributed by atoms with Crippen LogP contribution in [0.2, 0.25) is 0 Å². The zero-order chi connectivity index (χ0) is 17.5. The number of nitrogens with one attached hydrogen (secondary N) is 1. The van der Waals surface area contributed by atoms with Crippen LogP contribution < -0.4 is 10.1 Å². The van der Waals surface area contributed by atoms with Crippen LogP contribution >= 0.6 is 0 Å². The molecule has 0 bridgehead atoms. The average Bonchev–Trinajstić information content (AvgIpc) is 2.59. The van der Waals surface area contributed by atoms with Crippen molar-refractivity contribution in [2.75, 3.05) is 7.11 Å². The molecule has 1 atom stereocenters. The van der Waals surface area contributed by atoms with Crippen LogP contribution in [0.1, 0.15) is 49.8 Å². The summed E-state index contributed by atoms with van der Waals surface area (Å²) in [7, 11) is 1.58. The van der Waals surface area contributed by atoms with Gasteiger partial charge in [-0.25, -0.2) is 0 Å². The van der Waals surface area contributed by atoms with Crippen molar-refractivity contribution in [3.63, 3.8) is 0 Å². The van der Waals surface area contributed by atoms with Crippen LogP contribution in [0.5, 0.6) is 11.5 Å². The fourth-order valence-corrected chi connectivity index (χ4v) is 2.68. The molecule has 130 valence electrons. The Hall–Kier alpha value is -2.00. The third-order valence-electron chi connectivity index (χ3n) is 4.41. The van der Waals surface area contributed by atoms with Gasteiger partial charge >= 0.3 is 0 Å². The van der Waals surface area contributed by atoms with E-state index in [9.17, 15) is 5.11 Å². The van der Waals surface area contributed by atoms with Gasteiger partial charge in [-0.3, -0.25) is 0 Å². The lowest BCUT2D eigenvalue weighted by Crippen LogP contribution is -2.25. The van der Waals surface area contributed by atoms with Gasteiger partial charge in [0.15, 0.2) is 11.5 Å². The van der Waals surface area contributed by atoms with Gasteiger partial charge in [0.05, 0.1) is 7.11 Å². The summed E-state index contributed by atoms with van der Waals surface area (Å²) in [5.74, 6) is 1.31.